The first kappa shape index (κ1) is 18.9. The van der Waals surface area contributed by atoms with Crippen molar-refractivity contribution in [2.75, 3.05) is 13.1 Å². The normalized spacial score (nSPS) is 17.2. The van der Waals surface area contributed by atoms with E-state index in [1.807, 2.05) is 54.6 Å². The highest BCUT2D eigenvalue weighted by Crippen LogP contribution is 2.25. The number of amides is 1. The lowest BCUT2D eigenvalue weighted by molar-refractivity contribution is -0.166. The molecule has 1 aliphatic rings. The molecule has 2 aromatic rings. The summed E-state index contributed by atoms with van der Waals surface area (Å²) in [6, 6.07) is 17.5. The van der Waals surface area contributed by atoms with Crippen molar-refractivity contribution in [2.45, 2.75) is 31.5 Å². The molecule has 0 bridgehead atoms. The fourth-order valence-electron chi connectivity index (χ4n) is 3.18. The molecule has 27 heavy (non-hydrogen) atoms. The van der Waals surface area contributed by atoms with Gasteiger partial charge in [-0.25, -0.2) is 4.79 Å². The predicted molar refractivity (Wildman–Crippen MR) is 100 cm³/mol. The Morgan fingerprint density at radius 1 is 1.00 bits per heavy atom. The van der Waals surface area contributed by atoms with Crippen LogP contribution in [0.15, 0.2) is 54.6 Å². The van der Waals surface area contributed by atoms with E-state index in [9.17, 15) is 14.7 Å². The average molecular weight is 369 g/mol. The fraction of sp³-hybridized carbons (Fsp3) is 0.333. The molecule has 1 unspecified atom stereocenters. The third kappa shape index (κ3) is 4.28. The van der Waals surface area contributed by atoms with Crippen molar-refractivity contribution >= 4 is 11.9 Å². The van der Waals surface area contributed by atoms with Gasteiger partial charge in [-0.2, -0.15) is 0 Å². The van der Waals surface area contributed by atoms with E-state index < -0.39 is 17.7 Å². The van der Waals surface area contributed by atoms with Gasteiger partial charge in [0, 0.05) is 25.9 Å². The summed E-state index contributed by atoms with van der Waals surface area (Å²) in [4.78, 5) is 25.2. The second-order valence-electron chi connectivity index (χ2n) is 6.81. The Morgan fingerprint density at radius 3 is 2.11 bits per heavy atom. The first-order chi connectivity index (χ1) is 12.9. The van der Waals surface area contributed by atoms with Crippen LogP contribution in [0.4, 0.5) is 0 Å². The lowest BCUT2D eigenvalue weighted by Gasteiger charge is -2.36. The van der Waals surface area contributed by atoms with Gasteiger partial charge < -0.3 is 19.8 Å². The number of hydrogen-bond donors (Lipinski definition) is 2. The lowest BCUT2D eigenvalue weighted by atomic mass is 9.91. The molecule has 0 spiro atoms. The SMILES string of the molecule is CC(Oc1ccc(-c2ccccc2)cc1)C(=O)N1CCC(O)(C(=O)O)CC1. The number of carboxylic acid groups (broad SMARTS) is 1. The standard InChI is InChI=1S/C21H23NO5/c1-15(19(23)22-13-11-21(26,12-14-22)20(24)25)27-18-9-7-17(8-10-18)16-5-3-2-4-6-16/h2-10,15,26H,11-14H2,1H3,(H,24,25). The molecule has 6 heteroatoms. The number of carboxylic acids is 1. The van der Waals surface area contributed by atoms with Gasteiger partial charge in [0.1, 0.15) is 5.75 Å². The lowest BCUT2D eigenvalue weighted by Crippen LogP contribution is -2.53. The smallest absolute Gasteiger partial charge is 0.335 e. The minimum atomic E-state index is -1.74. The van der Waals surface area contributed by atoms with Crippen LogP contribution in [0.1, 0.15) is 19.8 Å². The summed E-state index contributed by atoms with van der Waals surface area (Å²) in [5.74, 6) is -0.860. The summed E-state index contributed by atoms with van der Waals surface area (Å²) in [6.45, 7) is 2.07. The zero-order valence-corrected chi connectivity index (χ0v) is 15.2. The number of carbonyl (C=O) groups is 2. The number of aliphatic hydroxyl groups is 1. The number of rotatable bonds is 5. The first-order valence-corrected chi connectivity index (χ1v) is 8.96. The molecule has 2 aromatic carbocycles. The number of nitrogens with zero attached hydrogens (tertiary/aromatic N) is 1. The Hall–Kier alpha value is -2.86. The van der Waals surface area contributed by atoms with Crippen LogP contribution in [-0.2, 0) is 9.59 Å². The summed E-state index contributed by atoms with van der Waals surface area (Å²) in [5, 5.41) is 19.0. The van der Waals surface area contributed by atoms with Crippen molar-refractivity contribution in [1.82, 2.24) is 4.90 Å². The Bertz CT molecular complexity index is 795. The maximum absolute atomic E-state index is 12.5. The van der Waals surface area contributed by atoms with Gasteiger partial charge in [-0.3, -0.25) is 4.79 Å². The highest BCUT2D eigenvalue weighted by atomic mass is 16.5. The number of piperidine rings is 1. The molecule has 1 fully saturated rings. The van der Waals surface area contributed by atoms with E-state index in [2.05, 4.69) is 0 Å². The Labute approximate surface area is 158 Å². The molecular weight excluding hydrogens is 346 g/mol. The first-order valence-electron chi connectivity index (χ1n) is 8.96. The molecule has 1 aliphatic heterocycles. The molecule has 1 atom stereocenters. The van der Waals surface area contributed by atoms with Crippen LogP contribution < -0.4 is 4.74 Å². The van der Waals surface area contributed by atoms with Gasteiger partial charge in [0.2, 0.25) is 0 Å². The maximum atomic E-state index is 12.5. The van der Waals surface area contributed by atoms with E-state index in [0.29, 0.717) is 5.75 Å². The van der Waals surface area contributed by atoms with Crippen molar-refractivity contribution in [3.8, 4) is 16.9 Å². The number of carbonyl (C=O) groups excluding carboxylic acids is 1. The van der Waals surface area contributed by atoms with Crippen LogP contribution in [0.5, 0.6) is 5.75 Å². The van der Waals surface area contributed by atoms with Crippen LogP contribution in [0.25, 0.3) is 11.1 Å². The van der Waals surface area contributed by atoms with Gasteiger partial charge >= 0.3 is 5.97 Å². The van der Waals surface area contributed by atoms with Crippen molar-refractivity contribution in [2.24, 2.45) is 0 Å². The van der Waals surface area contributed by atoms with Crippen LogP contribution >= 0.6 is 0 Å². The molecule has 0 saturated carbocycles. The predicted octanol–water partition coefficient (Wildman–Crippen LogP) is 2.56. The third-order valence-electron chi connectivity index (χ3n) is 4.92. The van der Waals surface area contributed by atoms with Crippen LogP contribution in [0.3, 0.4) is 0 Å². The molecule has 1 amide bonds. The molecule has 6 nitrogen and oxygen atoms in total. The fourth-order valence-corrected chi connectivity index (χ4v) is 3.18. The second kappa shape index (κ2) is 7.80. The highest BCUT2D eigenvalue weighted by molar-refractivity contribution is 5.82. The number of hydrogen-bond acceptors (Lipinski definition) is 4. The number of ether oxygens (including phenoxy) is 1. The maximum Gasteiger partial charge on any atom is 0.335 e. The van der Waals surface area contributed by atoms with E-state index >= 15 is 0 Å². The third-order valence-corrected chi connectivity index (χ3v) is 4.92. The Balaban J connectivity index is 1.58. The summed E-state index contributed by atoms with van der Waals surface area (Å²) in [6.07, 6.45) is -0.650. The second-order valence-corrected chi connectivity index (χ2v) is 6.81. The zero-order chi connectivity index (χ0) is 19.4. The summed E-state index contributed by atoms with van der Waals surface area (Å²) in [5.41, 5.74) is 0.423. The quantitative estimate of drug-likeness (QED) is 0.846. The van der Waals surface area contributed by atoms with Crippen LogP contribution in [0, 0.1) is 0 Å². The average Bonchev–Trinajstić information content (AvgIpc) is 2.69. The summed E-state index contributed by atoms with van der Waals surface area (Å²) >= 11 is 0. The molecule has 1 heterocycles. The highest BCUT2D eigenvalue weighted by Gasteiger charge is 2.41. The summed E-state index contributed by atoms with van der Waals surface area (Å²) in [7, 11) is 0. The minimum absolute atomic E-state index is 0.0204. The molecule has 0 aromatic heterocycles. The Kier molecular flexibility index (Phi) is 5.46. The number of likely N-dealkylation sites (tertiary alicyclic amines) is 1. The molecule has 142 valence electrons. The molecule has 0 aliphatic carbocycles. The van der Waals surface area contributed by atoms with Crippen molar-refractivity contribution < 1.29 is 24.5 Å². The van der Waals surface area contributed by atoms with Crippen molar-refractivity contribution in [3.05, 3.63) is 54.6 Å². The van der Waals surface area contributed by atoms with Crippen molar-refractivity contribution in [3.63, 3.8) is 0 Å². The Morgan fingerprint density at radius 2 is 1.56 bits per heavy atom. The number of aliphatic carboxylic acids is 1. The topological polar surface area (TPSA) is 87.1 Å². The van der Waals surface area contributed by atoms with Gasteiger partial charge in [0.05, 0.1) is 0 Å². The van der Waals surface area contributed by atoms with E-state index in [1.54, 1.807) is 11.8 Å². The van der Waals surface area contributed by atoms with Gasteiger partial charge in [0.15, 0.2) is 11.7 Å². The van der Waals surface area contributed by atoms with E-state index in [0.717, 1.165) is 11.1 Å². The van der Waals surface area contributed by atoms with Gasteiger partial charge in [-0.15, -0.1) is 0 Å². The van der Waals surface area contributed by atoms with Gasteiger partial charge in [-0.05, 0) is 30.2 Å². The molecule has 2 N–H and O–H groups in total. The summed E-state index contributed by atoms with van der Waals surface area (Å²) < 4.78 is 5.75. The molecule has 3 rings (SSSR count). The molecule has 0 radical (unpaired) electrons. The zero-order valence-electron chi connectivity index (χ0n) is 15.2. The van der Waals surface area contributed by atoms with Crippen LogP contribution in [-0.4, -0.2) is 51.8 Å². The number of benzene rings is 2. The minimum Gasteiger partial charge on any atom is -0.481 e. The van der Waals surface area contributed by atoms with Gasteiger partial charge in [0.25, 0.3) is 5.91 Å². The molecular formula is C21H23NO5. The van der Waals surface area contributed by atoms with Gasteiger partial charge in [-0.1, -0.05) is 42.5 Å². The van der Waals surface area contributed by atoms with E-state index in [4.69, 9.17) is 9.84 Å². The largest absolute Gasteiger partial charge is 0.481 e. The monoisotopic (exact) mass is 369 g/mol. The molecule has 1 saturated heterocycles. The van der Waals surface area contributed by atoms with Crippen LogP contribution in [0.2, 0.25) is 0 Å². The van der Waals surface area contributed by atoms with Crippen molar-refractivity contribution in [1.29, 1.82) is 0 Å². The van der Waals surface area contributed by atoms with E-state index in [1.165, 1.54) is 0 Å². The van der Waals surface area contributed by atoms with E-state index in [-0.39, 0.29) is 31.8 Å².